The van der Waals surface area contributed by atoms with E-state index >= 15 is 0 Å². The minimum absolute atomic E-state index is 0.410. The molecule has 3 rings (SSSR count). The number of hydrogen-bond acceptors (Lipinski definition) is 3. The normalized spacial score (nSPS) is 10.7. The summed E-state index contributed by atoms with van der Waals surface area (Å²) in [7, 11) is 0. The molecule has 1 aromatic heterocycles. The van der Waals surface area contributed by atoms with Gasteiger partial charge in [0.15, 0.2) is 0 Å². The number of nitrogens with one attached hydrogen (secondary N) is 1. The molecule has 0 aliphatic carbocycles. The number of aryl methyl sites for hydroxylation is 2. The summed E-state index contributed by atoms with van der Waals surface area (Å²) in [6, 6.07) is 17.6. The molecule has 0 saturated carbocycles. The predicted molar refractivity (Wildman–Crippen MR) is 113 cm³/mol. The molecule has 29 heavy (non-hydrogen) atoms. The second-order valence-corrected chi connectivity index (χ2v) is 7.23. The van der Waals surface area contributed by atoms with E-state index in [0.29, 0.717) is 37.6 Å². The van der Waals surface area contributed by atoms with Crippen LogP contribution in [0.5, 0.6) is 5.75 Å². The number of amides is 1. The molecule has 0 saturated heterocycles. The third-order valence-corrected chi connectivity index (χ3v) is 4.73. The zero-order valence-electron chi connectivity index (χ0n) is 16.3. The van der Waals surface area contributed by atoms with Gasteiger partial charge in [-0.1, -0.05) is 41.9 Å². The summed E-state index contributed by atoms with van der Waals surface area (Å²) in [5, 5.41) is 16.3. The Morgan fingerprint density at radius 3 is 2.76 bits per heavy atom. The van der Waals surface area contributed by atoms with Crippen molar-refractivity contribution in [1.29, 1.82) is 0 Å². The van der Waals surface area contributed by atoms with E-state index in [1.165, 1.54) is 0 Å². The number of hydrogen-bond donors (Lipinski definition) is 2. The van der Waals surface area contributed by atoms with Gasteiger partial charge >= 0.3 is 6.09 Å². The van der Waals surface area contributed by atoms with Crippen LogP contribution in [0.3, 0.4) is 0 Å². The van der Waals surface area contributed by atoms with Crippen molar-refractivity contribution in [3.63, 3.8) is 0 Å². The van der Waals surface area contributed by atoms with E-state index in [1.807, 2.05) is 66.2 Å². The minimum atomic E-state index is -1.00. The van der Waals surface area contributed by atoms with Crippen molar-refractivity contribution in [3.05, 3.63) is 82.1 Å². The zero-order valence-corrected chi connectivity index (χ0v) is 17.0. The van der Waals surface area contributed by atoms with E-state index in [2.05, 4.69) is 10.4 Å². The van der Waals surface area contributed by atoms with Crippen molar-refractivity contribution >= 4 is 17.7 Å². The second kappa shape index (κ2) is 9.98. The number of carbonyl (C=O) groups is 1. The summed E-state index contributed by atoms with van der Waals surface area (Å²) >= 11 is 6.22. The first-order valence-electron chi connectivity index (χ1n) is 9.46. The predicted octanol–water partition coefficient (Wildman–Crippen LogP) is 4.67. The largest absolute Gasteiger partial charge is 0.489 e. The number of benzene rings is 2. The van der Waals surface area contributed by atoms with Crippen LogP contribution in [0.4, 0.5) is 4.79 Å². The summed E-state index contributed by atoms with van der Waals surface area (Å²) in [5.74, 6) is 0.778. The van der Waals surface area contributed by atoms with Gasteiger partial charge in [0.1, 0.15) is 12.4 Å². The van der Waals surface area contributed by atoms with Crippen molar-refractivity contribution in [2.45, 2.75) is 32.9 Å². The molecule has 0 aliphatic rings. The summed E-state index contributed by atoms with van der Waals surface area (Å²) < 4.78 is 7.95. The average molecular weight is 414 g/mol. The fourth-order valence-corrected chi connectivity index (χ4v) is 3.23. The maximum atomic E-state index is 10.5. The molecule has 1 amide bonds. The molecule has 152 valence electrons. The molecular weight excluding hydrogens is 390 g/mol. The molecule has 0 bridgehead atoms. The number of halogens is 1. The van der Waals surface area contributed by atoms with Crippen molar-refractivity contribution in [2.75, 3.05) is 6.54 Å². The smallest absolute Gasteiger partial charge is 0.404 e. The van der Waals surface area contributed by atoms with Crippen molar-refractivity contribution in [1.82, 2.24) is 15.1 Å². The first-order chi connectivity index (χ1) is 14.0. The first kappa shape index (κ1) is 20.7. The molecule has 2 aromatic carbocycles. The average Bonchev–Trinajstić information content (AvgIpc) is 3.04. The lowest BCUT2D eigenvalue weighted by Gasteiger charge is -2.13. The molecule has 1 heterocycles. The lowest BCUT2D eigenvalue weighted by Crippen LogP contribution is -2.22. The minimum Gasteiger partial charge on any atom is -0.489 e. The molecule has 0 spiro atoms. The lowest BCUT2D eigenvalue weighted by atomic mass is 10.2. The third kappa shape index (κ3) is 6.26. The van der Waals surface area contributed by atoms with Crippen LogP contribution in [0.15, 0.2) is 54.6 Å². The zero-order chi connectivity index (χ0) is 20.6. The van der Waals surface area contributed by atoms with E-state index in [9.17, 15) is 4.79 Å². The van der Waals surface area contributed by atoms with Crippen molar-refractivity contribution in [3.8, 4) is 5.75 Å². The highest BCUT2D eigenvalue weighted by molar-refractivity contribution is 6.30. The molecule has 2 N–H and O–H groups in total. The Bertz CT molecular complexity index is 957. The van der Waals surface area contributed by atoms with Gasteiger partial charge in [-0.2, -0.15) is 5.10 Å². The van der Waals surface area contributed by atoms with Gasteiger partial charge in [-0.05, 0) is 49.6 Å². The van der Waals surface area contributed by atoms with Gasteiger partial charge in [0, 0.05) is 22.8 Å². The Hall–Kier alpha value is -2.99. The van der Waals surface area contributed by atoms with Crippen LogP contribution < -0.4 is 10.1 Å². The first-order valence-corrected chi connectivity index (χ1v) is 9.84. The highest BCUT2D eigenvalue weighted by atomic mass is 35.5. The molecule has 0 atom stereocenters. The number of nitrogens with zero attached hydrogens (tertiary/aromatic N) is 2. The maximum absolute atomic E-state index is 10.5. The summed E-state index contributed by atoms with van der Waals surface area (Å²) in [6.45, 7) is 3.44. The Morgan fingerprint density at radius 1 is 1.21 bits per heavy atom. The van der Waals surface area contributed by atoms with E-state index in [4.69, 9.17) is 21.4 Å². The molecule has 0 fully saturated rings. The highest BCUT2D eigenvalue weighted by Gasteiger charge is 2.10. The standard InChI is InChI=1S/C22H24ClN3O3/c1-16-12-20(8-5-11-24-22(27)28)25-26(16)14-18-13-19(23)9-10-21(18)29-15-17-6-3-2-4-7-17/h2-4,6-7,9-10,12-13,24H,5,8,11,14-15H2,1H3,(H,27,28). The summed E-state index contributed by atoms with van der Waals surface area (Å²) in [4.78, 5) is 10.5. The van der Waals surface area contributed by atoms with Crippen molar-refractivity contribution < 1.29 is 14.6 Å². The highest BCUT2D eigenvalue weighted by Crippen LogP contribution is 2.25. The Kier molecular flexibility index (Phi) is 7.14. The van der Waals surface area contributed by atoms with E-state index in [-0.39, 0.29) is 0 Å². The van der Waals surface area contributed by atoms with Gasteiger partial charge in [0.2, 0.25) is 0 Å². The Balaban J connectivity index is 1.67. The topological polar surface area (TPSA) is 76.4 Å². The van der Waals surface area contributed by atoms with E-state index < -0.39 is 6.09 Å². The number of carboxylic acid groups (broad SMARTS) is 1. The van der Waals surface area contributed by atoms with Gasteiger partial charge < -0.3 is 15.2 Å². The fraction of sp³-hybridized carbons (Fsp3) is 0.273. The van der Waals surface area contributed by atoms with Crippen LogP contribution in [-0.2, 0) is 19.6 Å². The van der Waals surface area contributed by atoms with Gasteiger partial charge in [0.25, 0.3) is 0 Å². The van der Waals surface area contributed by atoms with Gasteiger partial charge in [-0.3, -0.25) is 4.68 Å². The van der Waals surface area contributed by atoms with Crippen LogP contribution in [0.2, 0.25) is 5.02 Å². The van der Waals surface area contributed by atoms with E-state index in [1.54, 1.807) is 0 Å². The number of ether oxygens (including phenoxy) is 1. The number of rotatable bonds is 9. The van der Waals surface area contributed by atoms with Gasteiger partial charge in [-0.25, -0.2) is 4.79 Å². The Labute approximate surface area is 175 Å². The SMILES string of the molecule is Cc1cc(CCCNC(=O)O)nn1Cc1cc(Cl)ccc1OCc1ccccc1. The van der Waals surface area contributed by atoms with Crippen LogP contribution in [0.1, 0.15) is 28.9 Å². The number of aromatic nitrogens is 2. The molecule has 0 aliphatic heterocycles. The molecule has 6 nitrogen and oxygen atoms in total. The summed E-state index contributed by atoms with van der Waals surface area (Å²) in [5.41, 5.74) is 4.02. The van der Waals surface area contributed by atoms with Crippen LogP contribution in [-0.4, -0.2) is 27.5 Å². The monoisotopic (exact) mass is 413 g/mol. The van der Waals surface area contributed by atoms with Crippen LogP contribution in [0, 0.1) is 6.92 Å². The van der Waals surface area contributed by atoms with Crippen molar-refractivity contribution in [2.24, 2.45) is 0 Å². The molecule has 3 aromatic rings. The van der Waals surface area contributed by atoms with E-state index in [0.717, 1.165) is 28.3 Å². The second-order valence-electron chi connectivity index (χ2n) is 6.80. The molecule has 7 heteroatoms. The van der Waals surface area contributed by atoms with Gasteiger partial charge in [0.05, 0.1) is 12.2 Å². The van der Waals surface area contributed by atoms with Crippen LogP contribution in [0.25, 0.3) is 0 Å². The molecular formula is C22H24ClN3O3. The van der Waals surface area contributed by atoms with Crippen LogP contribution >= 0.6 is 11.6 Å². The molecule has 0 radical (unpaired) electrons. The summed E-state index contributed by atoms with van der Waals surface area (Å²) in [6.07, 6.45) is 0.405. The third-order valence-electron chi connectivity index (χ3n) is 4.50. The lowest BCUT2D eigenvalue weighted by molar-refractivity contribution is 0.194. The fourth-order valence-electron chi connectivity index (χ4n) is 3.03. The molecule has 0 unspecified atom stereocenters. The Morgan fingerprint density at radius 2 is 2.00 bits per heavy atom. The maximum Gasteiger partial charge on any atom is 0.404 e. The van der Waals surface area contributed by atoms with Gasteiger partial charge in [-0.15, -0.1) is 0 Å². The quantitative estimate of drug-likeness (QED) is 0.499.